The molecule has 0 radical (unpaired) electrons. The lowest BCUT2D eigenvalue weighted by atomic mass is 10.1. The maximum atomic E-state index is 13.2. The second-order valence-electron chi connectivity index (χ2n) is 4.23. The first kappa shape index (κ1) is 14.4. The van der Waals surface area contributed by atoms with Gasteiger partial charge < -0.3 is 5.11 Å². The van der Waals surface area contributed by atoms with E-state index in [0.717, 1.165) is 16.8 Å². The van der Waals surface area contributed by atoms with Gasteiger partial charge in [0.25, 0.3) is 5.56 Å². The highest BCUT2D eigenvalue weighted by Crippen LogP contribution is 2.11. The SMILES string of the molecule is O=C(O)C=Cc1ccccc1Cn1cc(F)c(=O)[nH]c1=O. The molecule has 1 aromatic heterocycles. The molecule has 0 saturated carbocycles. The molecular weight excluding hydrogens is 279 g/mol. The fourth-order valence-corrected chi connectivity index (χ4v) is 1.79. The Labute approximate surface area is 117 Å². The first-order valence-corrected chi connectivity index (χ1v) is 5.95. The van der Waals surface area contributed by atoms with Crippen molar-refractivity contribution in [2.45, 2.75) is 6.54 Å². The normalized spacial score (nSPS) is 10.9. The molecule has 7 heteroatoms. The molecule has 0 amide bonds. The Morgan fingerprint density at radius 3 is 2.76 bits per heavy atom. The van der Waals surface area contributed by atoms with Crippen molar-refractivity contribution in [1.29, 1.82) is 0 Å². The van der Waals surface area contributed by atoms with Crippen molar-refractivity contribution in [3.05, 3.63) is 74.3 Å². The van der Waals surface area contributed by atoms with Gasteiger partial charge in [-0.15, -0.1) is 0 Å². The predicted octanol–water partition coefficient (Wildman–Crippen LogP) is 0.822. The van der Waals surface area contributed by atoms with Gasteiger partial charge in [-0.1, -0.05) is 24.3 Å². The van der Waals surface area contributed by atoms with Gasteiger partial charge in [-0.2, -0.15) is 4.39 Å². The van der Waals surface area contributed by atoms with Gasteiger partial charge in [0.2, 0.25) is 5.82 Å². The number of H-pyrrole nitrogens is 1. The van der Waals surface area contributed by atoms with Crippen molar-refractivity contribution < 1.29 is 14.3 Å². The van der Waals surface area contributed by atoms with E-state index in [1.807, 2.05) is 4.98 Å². The number of carboxylic acid groups (broad SMARTS) is 1. The Hall–Kier alpha value is -2.96. The van der Waals surface area contributed by atoms with Gasteiger partial charge in [-0.3, -0.25) is 14.3 Å². The first-order chi connectivity index (χ1) is 9.97. The molecule has 0 aliphatic carbocycles. The Morgan fingerprint density at radius 1 is 1.33 bits per heavy atom. The Bertz CT molecular complexity index is 820. The minimum Gasteiger partial charge on any atom is -0.478 e. The van der Waals surface area contributed by atoms with Crippen LogP contribution in [0.15, 0.2) is 46.1 Å². The van der Waals surface area contributed by atoms with E-state index in [-0.39, 0.29) is 6.54 Å². The van der Waals surface area contributed by atoms with Crippen LogP contribution in [0.2, 0.25) is 0 Å². The quantitative estimate of drug-likeness (QED) is 0.815. The summed E-state index contributed by atoms with van der Waals surface area (Å²) in [5.74, 6) is -2.16. The third kappa shape index (κ3) is 3.53. The second-order valence-corrected chi connectivity index (χ2v) is 4.23. The Kier molecular flexibility index (Phi) is 4.13. The van der Waals surface area contributed by atoms with Crippen molar-refractivity contribution >= 4 is 12.0 Å². The van der Waals surface area contributed by atoms with E-state index in [4.69, 9.17) is 5.11 Å². The summed E-state index contributed by atoms with van der Waals surface area (Å²) in [5.41, 5.74) is -0.615. The number of halogens is 1. The summed E-state index contributed by atoms with van der Waals surface area (Å²) in [7, 11) is 0. The topological polar surface area (TPSA) is 92.2 Å². The summed E-state index contributed by atoms with van der Waals surface area (Å²) >= 11 is 0. The van der Waals surface area contributed by atoms with Gasteiger partial charge in [0.1, 0.15) is 0 Å². The highest BCUT2D eigenvalue weighted by molar-refractivity contribution is 5.85. The van der Waals surface area contributed by atoms with Gasteiger partial charge in [-0.05, 0) is 17.2 Å². The van der Waals surface area contributed by atoms with Crippen molar-refractivity contribution in [2.24, 2.45) is 0 Å². The van der Waals surface area contributed by atoms with Crippen LogP contribution in [0.4, 0.5) is 4.39 Å². The molecule has 1 heterocycles. The van der Waals surface area contributed by atoms with Crippen LogP contribution in [0, 0.1) is 5.82 Å². The summed E-state index contributed by atoms with van der Waals surface area (Å²) in [4.78, 5) is 35.0. The molecule has 0 atom stereocenters. The molecule has 2 N–H and O–H groups in total. The molecule has 0 aliphatic heterocycles. The van der Waals surface area contributed by atoms with Crippen molar-refractivity contribution in [3.63, 3.8) is 0 Å². The zero-order valence-electron chi connectivity index (χ0n) is 10.7. The van der Waals surface area contributed by atoms with Crippen LogP contribution in [0.5, 0.6) is 0 Å². The van der Waals surface area contributed by atoms with Crippen LogP contribution in [-0.2, 0) is 11.3 Å². The largest absolute Gasteiger partial charge is 0.478 e. The van der Waals surface area contributed by atoms with Crippen LogP contribution in [0.25, 0.3) is 6.08 Å². The van der Waals surface area contributed by atoms with Gasteiger partial charge in [0.15, 0.2) is 0 Å². The smallest absolute Gasteiger partial charge is 0.328 e. The van der Waals surface area contributed by atoms with Crippen LogP contribution >= 0.6 is 0 Å². The van der Waals surface area contributed by atoms with E-state index in [1.165, 1.54) is 6.08 Å². The molecule has 0 aliphatic rings. The molecule has 2 aromatic rings. The standard InChI is InChI=1S/C14H11FN2O4/c15-11-8-17(14(21)16-13(11)20)7-10-4-2-1-3-9(10)5-6-12(18)19/h1-6,8H,7H2,(H,18,19)(H,16,20,21). The zero-order chi connectivity index (χ0) is 15.4. The highest BCUT2D eigenvalue weighted by Gasteiger charge is 2.06. The molecule has 6 nitrogen and oxygen atoms in total. The van der Waals surface area contributed by atoms with E-state index in [2.05, 4.69) is 0 Å². The lowest BCUT2D eigenvalue weighted by Crippen LogP contribution is -2.31. The monoisotopic (exact) mass is 290 g/mol. The van der Waals surface area contributed by atoms with Gasteiger partial charge in [0, 0.05) is 6.08 Å². The van der Waals surface area contributed by atoms with Crippen LogP contribution < -0.4 is 11.2 Å². The van der Waals surface area contributed by atoms with Crippen LogP contribution in [0.3, 0.4) is 0 Å². The molecule has 21 heavy (non-hydrogen) atoms. The van der Waals surface area contributed by atoms with Crippen LogP contribution in [-0.4, -0.2) is 20.6 Å². The zero-order valence-corrected chi connectivity index (χ0v) is 10.7. The van der Waals surface area contributed by atoms with E-state index < -0.39 is 23.0 Å². The summed E-state index contributed by atoms with van der Waals surface area (Å²) in [6.07, 6.45) is 3.17. The number of hydrogen-bond acceptors (Lipinski definition) is 3. The lowest BCUT2D eigenvalue weighted by molar-refractivity contribution is -0.131. The molecule has 0 fully saturated rings. The minimum absolute atomic E-state index is 0.00661. The Balaban J connectivity index is 2.41. The van der Waals surface area contributed by atoms with E-state index in [9.17, 15) is 18.8 Å². The summed E-state index contributed by atoms with van der Waals surface area (Å²) in [5, 5.41) is 8.64. The molecule has 0 bridgehead atoms. The maximum Gasteiger partial charge on any atom is 0.328 e. The van der Waals surface area contributed by atoms with Gasteiger partial charge in [-0.25, -0.2) is 9.59 Å². The number of nitrogens with zero attached hydrogens (tertiary/aromatic N) is 1. The van der Waals surface area contributed by atoms with Gasteiger partial charge in [0.05, 0.1) is 12.7 Å². The molecule has 0 saturated heterocycles. The third-order valence-corrected chi connectivity index (χ3v) is 2.77. The fraction of sp³-hybridized carbons (Fsp3) is 0.0714. The number of benzene rings is 1. The van der Waals surface area contributed by atoms with E-state index >= 15 is 0 Å². The second kappa shape index (κ2) is 6.00. The lowest BCUT2D eigenvalue weighted by Gasteiger charge is -2.08. The Morgan fingerprint density at radius 2 is 2.05 bits per heavy atom. The van der Waals surface area contributed by atoms with E-state index in [1.54, 1.807) is 24.3 Å². The summed E-state index contributed by atoms with van der Waals surface area (Å²) < 4.78 is 14.2. The molecule has 0 unspecified atom stereocenters. The number of hydrogen-bond donors (Lipinski definition) is 2. The molecular formula is C14H11FN2O4. The minimum atomic E-state index is -1.10. The maximum absolute atomic E-state index is 13.2. The summed E-state index contributed by atoms with van der Waals surface area (Å²) in [6, 6.07) is 6.76. The van der Waals surface area contributed by atoms with Crippen molar-refractivity contribution in [2.75, 3.05) is 0 Å². The van der Waals surface area contributed by atoms with E-state index in [0.29, 0.717) is 11.1 Å². The molecule has 2 rings (SSSR count). The fourth-order valence-electron chi connectivity index (χ4n) is 1.79. The average molecular weight is 290 g/mol. The van der Waals surface area contributed by atoms with Crippen molar-refractivity contribution in [3.8, 4) is 0 Å². The number of nitrogens with one attached hydrogen (secondary N) is 1. The number of aromatic amines is 1. The number of rotatable bonds is 4. The molecule has 0 spiro atoms. The number of aromatic nitrogens is 2. The average Bonchev–Trinajstić information content (AvgIpc) is 2.43. The third-order valence-electron chi connectivity index (χ3n) is 2.77. The first-order valence-electron chi connectivity index (χ1n) is 5.95. The molecule has 108 valence electrons. The highest BCUT2D eigenvalue weighted by atomic mass is 19.1. The predicted molar refractivity (Wildman–Crippen MR) is 73.5 cm³/mol. The number of aliphatic carboxylic acids is 1. The number of carbonyl (C=O) groups is 1. The number of carboxylic acids is 1. The van der Waals surface area contributed by atoms with Crippen LogP contribution in [0.1, 0.15) is 11.1 Å². The summed E-state index contributed by atoms with van der Waals surface area (Å²) in [6.45, 7) is 0.00661. The molecule has 1 aromatic carbocycles. The van der Waals surface area contributed by atoms with Gasteiger partial charge >= 0.3 is 11.7 Å². The van der Waals surface area contributed by atoms with Crippen molar-refractivity contribution in [1.82, 2.24) is 9.55 Å².